The van der Waals surface area contributed by atoms with Crippen molar-refractivity contribution in [3.8, 4) is 0 Å². The monoisotopic (exact) mass is 278 g/mol. The first-order chi connectivity index (χ1) is 9.04. The number of hydrogen-bond donors (Lipinski definition) is 1. The van der Waals surface area contributed by atoms with Crippen molar-refractivity contribution in [2.24, 2.45) is 0 Å². The van der Waals surface area contributed by atoms with E-state index in [9.17, 15) is 4.79 Å². The fourth-order valence-corrected chi connectivity index (χ4v) is 2.17. The van der Waals surface area contributed by atoms with E-state index in [2.05, 4.69) is 13.2 Å². The minimum atomic E-state index is 0.0328. The average Bonchev–Trinajstić information content (AvgIpc) is 2.42. The van der Waals surface area contributed by atoms with Crippen LogP contribution in [0, 0.1) is 0 Å². The van der Waals surface area contributed by atoms with Crippen LogP contribution >= 0.6 is 11.8 Å². The summed E-state index contributed by atoms with van der Waals surface area (Å²) in [4.78, 5) is 13.8. The Morgan fingerprint density at radius 1 is 1.42 bits per heavy atom. The van der Waals surface area contributed by atoms with Gasteiger partial charge in [0.2, 0.25) is 5.91 Å². The Morgan fingerprint density at radius 3 is 2.63 bits per heavy atom. The number of nitrogens with two attached hydrogens (primary N) is 1. The van der Waals surface area contributed by atoms with Crippen LogP contribution in [-0.2, 0) is 4.79 Å². The molecule has 0 heterocycles. The van der Waals surface area contributed by atoms with Crippen LogP contribution in [0.2, 0.25) is 0 Å². The summed E-state index contributed by atoms with van der Waals surface area (Å²) in [5, 5.41) is 0. The summed E-state index contributed by atoms with van der Waals surface area (Å²) in [5.41, 5.74) is 7.32. The molecule has 0 spiro atoms. The van der Waals surface area contributed by atoms with Crippen LogP contribution in [0.25, 0.3) is 6.08 Å². The molecular weight excluding hydrogens is 256 g/mol. The molecule has 0 aliphatic heterocycles. The highest BCUT2D eigenvalue weighted by Crippen LogP contribution is 2.09. The molecule has 0 fully saturated rings. The number of rotatable bonds is 6. The number of carbonyl (C=O) groups is 1. The Balaban J connectivity index is 2.55. The maximum Gasteiger partial charge on any atom is 0.246 e. The molecular formula is C15H22N2OS. The van der Waals surface area contributed by atoms with Gasteiger partial charge in [-0.1, -0.05) is 12.1 Å². The van der Waals surface area contributed by atoms with Crippen LogP contribution in [0.3, 0.4) is 0 Å². The van der Waals surface area contributed by atoms with E-state index in [-0.39, 0.29) is 11.9 Å². The van der Waals surface area contributed by atoms with Crippen molar-refractivity contribution < 1.29 is 4.79 Å². The fraction of sp³-hybridized carbons (Fsp3) is 0.400. The summed E-state index contributed by atoms with van der Waals surface area (Å²) in [5.74, 6) is 1.10. The maximum atomic E-state index is 12.0. The number of hydrogen-bond acceptors (Lipinski definition) is 3. The first kappa shape index (κ1) is 15.6. The fourth-order valence-electron chi connectivity index (χ4n) is 1.59. The molecule has 1 amide bonds. The van der Waals surface area contributed by atoms with Gasteiger partial charge < -0.3 is 10.6 Å². The summed E-state index contributed by atoms with van der Waals surface area (Å²) in [6.45, 7) is 2.07. The molecule has 1 aromatic rings. The molecule has 0 aliphatic rings. The molecule has 19 heavy (non-hydrogen) atoms. The van der Waals surface area contributed by atoms with Gasteiger partial charge in [0, 0.05) is 24.9 Å². The van der Waals surface area contributed by atoms with Crippen molar-refractivity contribution in [1.82, 2.24) is 4.90 Å². The van der Waals surface area contributed by atoms with Gasteiger partial charge in [-0.25, -0.2) is 0 Å². The Hall–Kier alpha value is -1.42. The van der Waals surface area contributed by atoms with Gasteiger partial charge in [-0.15, -0.1) is 0 Å². The van der Waals surface area contributed by atoms with Gasteiger partial charge in [-0.05, 0) is 49.1 Å². The molecule has 3 nitrogen and oxygen atoms in total. The van der Waals surface area contributed by atoms with Crippen LogP contribution in [0.15, 0.2) is 30.3 Å². The molecule has 4 heteroatoms. The summed E-state index contributed by atoms with van der Waals surface area (Å²) < 4.78 is 0. The zero-order valence-corrected chi connectivity index (χ0v) is 12.6. The molecule has 104 valence electrons. The van der Waals surface area contributed by atoms with Crippen LogP contribution in [-0.4, -0.2) is 35.9 Å². The highest BCUT2D eigenvalue weighted by molar-refractivity contribution is 7.98. The number of benzene rings is 1. The Labute approximate surface area is 119 Å². The molecule has 2 N–H and O–H groups in total. The molecule has 0 bridgehead atoms. The third-order valence-corrected chi connectivity index (χ3v) is 3.75. The highest BCUT2D eigenvalue weighted by Gasteiger charge is 2.12. The summed E-state index contributed by atoms with van der Waals surface area (Å²) >= 11 is 1.80. The van der Waals surface area contributed by atoms with E-state index in [4.69, 9.17) is 5.73 Å². The second-order valence-corrected chi connectivity index (χ2v) is 5.57. The lowest BCUT2D eigenvalue weighted by molar-refractivity contribution is -0.126. The van der Waals surface area contributed by atoms with Crippen molar-refractivity contribution in [1.29, 1.82) is 0 Å². The first-order valence-corrected chi connectivity index (χ1v) is 7.73. The van der Waals surface area contributed by atoms with Crippen molar-refractivity contribution in [2.75, 3.05) is 24.8 Å². The number of nitrogen functional groups attached to an aromatic ring is 1. The average molecular weight is 278 g/mol. The van der Waals surface area contributed by atoms with Crippen LogP contribution in [0.4, 0.5) is 5.69 Å². The van der Waals surface area contributed by atoms with Gasteiger partial charge in [-0.2, -0.15) is 11.8 Å². The van der Waals surface area contributed by atoms with Gasteiger partial charge in [0.15, 0.2) is 0 Å². The van der Waals surface area contributed by atoms with E-state index in [1.165, 1.54) is 0 Å². The lowest BCUT2D eigenvalue weighted by Crippen LogP contribution is -2.34. The minimum Gasteiger partial charge on any atom is -0.399 e. The SMILES string of the molecule is CSCCC(C)N(C)C(=O)/C=C/c1ccc(N)cc1. The largest absolute Gasteiger partial charge is 0.399 e. The van der Waals surface area contributed by atoms with Gasteiger partial charge >= 0.3 is 0 Å². The Bertz CT molecular complexity index is 428. The van der Waals surface area contributed by atoms with Crippen molar-refractivity contribution >= 4 is 29.4 Å². The number of likely N-dealkylation sites (N-methyl/N-ethyl adjacent to an activating group) is 1. The standard InChI is InChI=1S/C15H22N2OS/c1-12(10-11-19-3)17(2)15(18)9-6-13-4-7-14(16)8-5-13/h4-9,12H,10-11,16H2,1-3H3/b9-6+. The third kappa shape index (κ3) is 5.39. The molecule has 1 atom stereocenters. The molecule has 0 aliphatic carbocycles. The predicted molar refractivity (Wildman–Crippen MR) is 85.1 cm³/mol. The number of thioether (sulfide) groups is 1. The zero-order chi connectivity index (χ0) is 14.3. The molecule has 0 radical (unpaired) electrons. The summed E-state index contributed by atoms with van der Waals surface area (Å²) in [6, 6.07) is 7.72. The van der Waals surface area contributed by atoms with Crippen LogP contribution in [0.5, 0.6) is 0 Å². The summed E-state index contributed by atoms with van der Waals surface area (Å²) in [6.07, 6.45) is 6.52. The molecule has 0 saturated carbocycles. The third-order valence-electron chi connectivity index (χ3n) is 3.10. The van der Waals surface area contributed by atoms with Crippen LogP contribution < -0.4 is 5.73 Å². The molecule has 1 rings (SSSR count). The van der Waals surface area contributed by atoms with Crippen molar-refractivity contribution in [3.05, 3.63) is 35.9 Å². The zero-order valence-electron chi connectivity index (χ0n) is 11.8. The van der Waals surface area contributed by atoms with E-state index in [0.29, 0.717) is 0 Å². The lowest BCUT2D eigenvalue weighted by atomic mass is 10.2. The lowest BCUT2D eigenvalue weighted by Gasteiger charge is -2.23. The van der Waals surface area contributed by atoms with Gasteiger partial charge in [0.25, 0.3) is 0 Å². The normalized spacial score (nSPS) is 12.6. The predicted octanol–water partition coefficient (Wildman–Crippen LogP) is 2.88. The van der Waals surface area contributed by atoms with E-state index in [1.54, 1.807) is 22.7 Å². The maximum absolute atomic E-state index is 12.0. The highest BCUT2D eigenvalue weighted by atomic mass is 32.2. The quantitative estimate of drug-likeness (QED) is 0.643. The van der Waals surface area contributed by atoms with Crippen LogP contribution in [0.1, 0.15) is 18.9 Å². The van der Waals surface area contributed by atoms with Gasteiger partial charge in [-0.3, -0.25) is 4.79 Å². The minimum absolute atomic E-state index is 0.0328. The second kappa shape index (κ2) is 7.89. The van der Waals surface area contributed by atoms with Gasteiger partial charge in [0.1, 0.15) is 0 Å². The number of nitrogens with zero attached hydrogens (tertiary/aromatic N) is 1. The first-order valence-electron chi connectivity index (χ1n) is 6.34. The van der Waals surface area contributed by atoms with E-state index >= 15 is 0 Å². The summed E-state index contributed by atoms with van der Waals surface area (Å²) in [7, 11) is 1.85. The molecule has 1 aromatic carbocycles. The molecule has 0 saturated heterocycles. The topological polar surface area (TPSA) is 46.3 Å². The van der Waals surface area contributed by atoms with Crippen molar-refractivity contribution in [2.45, 2.75) is 19.4 Å². The second-order valence-electron chi connectivity index (χ2n) is 4.58. The molecule has 0 aromatic heterocycles. The van der Waals surface area contributed by atoms with Gasteiger partial charge in [0.05, 0.1) is 0 Å². The van der Waals surface area contributed by atoms with E-state index < -0.39 is 0 Å². The van der Waals surface area contributed by atoms with E-state index in [0.717, 1.165) is 23.4 Å². The van der Waals surface area contributed by atoms with E-state index in [1.807, 2.05) is 37.4 Å². The Kier molecular flexibility index (Phi) is 6.50. The number of anilines is 1. The van der Waals surface area contributed by atoms with Crippen molar-refractivity contribution in [3.63, 3.8) is 0 Å². The number of amides is 1. The number of carbonyl (C=O) groups excluding carboxylic acids is 1. The molecule has 1 unspecified atom stereocenters. The smallest absolute Gasteiger partial charge is 0.246 e. The Morgan fingerprint density at radius 2 is 2.05 bits per heavy atom.